The predicted molar refractivity (Wildman–Crippen MR) is 54.4 cm³/mol. The Morgan fingerprint density at radius 2 is 1.92 bits per heavy atom. The summed E-state index contributed by atoms with van der Waals surface area (Å²) in [5.41, 5.74) is 2.30. The first-order valence-electron chi connectivity index (χ1n) is 4.21. The summed E-state index contributed by atoms with van der Waals surface area (Å²) in [5, 5.41) is 0. The highest BCUT2D eigenvalue weighted by Crippen LogP contribution is 2.13. The third-order valence-electron chi connectivity index (χ3n) is 1.74. The molecule has 0 N–H and O–H groups in total. The van der Waals surface area contributed by atoms with Crippen molar-refractivity contribution in [1.82, 2.24) is 0 Å². The first-order valence-corrected chi connectivity index (χ1v) is 4.21. The summed E-state index contributed by atoms with van der Waals surface area (Å²) >= 11 is 0. The van der Waals surface area contributed by atoms with Crippen LogP contribution in [-0.4, -0.2) is 0 Å². The van der Waals surface area contributed by atoms with E-state index in [1.165, 1.54) is 5.56 Å². The lowest BCUT2D eigenvalue weighted by Crippen LogP contribution is -1.77. The largest absolute Gasteiger partial charge is 0.0807 e. The first-order chi connectivity index (χ1) is 5.84. The van der Waals surface area contributed by atoms with E-state index < -0.39 is 0 Å². The van der Waals surface area contributed by atoms with Gasteiger partial charge in [0.2, 0.25) is 0 Å². The fourth-order valence-corrected chi connectivity index (χ4v) is 1.05. The maximum absolute atomic E-state index is 3.98. The van der Waals surface area contributed by atoms with Gasteiger partial charge in [-0.2, -0.15) is 0 Å². The van der Waals surface area contributed by atoms with Crippen LogP contribution in [0.3, 0.4) is 0 Å². The molecule has 0 spiro atoms. The average Bonchev–Trinajstić information content (AvgIpc) is 2.15. The van der Waals surface area contributed by atoms with Crippen molar-refractivity contribution < 1.29 is 0 Å². The van der Waals surface area contributed by atoms with Crippen LogP contribution in [0, 0.1) is 13.8 Å². The third kappa shape index (κ3) is 2.54. The van der Waals surface area contributed by atoms with Crippen LogP contribution in [0.4, 0.5) is 0 Å². The Balaban J connectivity index is 2.71. The Morgan fingerprint density at radius 3 is 2.50 bits per heavy atom. The van der Waals surface area contributed by atoms with Crippen molar-refractivity contribution in [2.24, 2.45) is 0 Å². The van der Waals surface area contributed by atoms with E-state index >= 15 is 0 Å². The molecule has 0 aromatic heterocycles. The van der Waals surface area contributed by atoms with Gasteiger partial charge in [-0.05, 0) is 30.9 Å². The molecule has 0 heteroatoms. The Bertz CT molecular complexity index is 244. The van der Waals surface area contributed by atoms with Gasteiger partial charge in [-0.1, -0.05) is 43.3 Å². The van der Waals surface area contributed by atoms with Crippen LogP contribution in [0.25, 0.3) is 5.57 Å². The number of allylic oxidation sites excluding steroid dienone is 2. The minimum atomic E-state index is 0.936. The zero-order valence-electron chi connectivity index (χ0n) is 7.29. The molecule has 0 unspecified atom stereocenters. The molecule has 0 saturated heterocycles. The molecule has 0 amide bonds. The van der Waals surface area contributed by atoms with Crippen molar-refractivity contribution in [3.63, 3.8) is 0 Å². The normalized spacial score (nSPS) is 11.7. The molecule has 0 saturated carbocycles. The van der Waals surface area contributed by atoms with Crippen molar-refractivity contribution in [1.29, 1.82) is 0 Å². The number of unbranched alkanes of at least 4 members (excludes halogenated alkanes) is 1. The molecule has 0 nitrogen and oxygen atoms in total. The Labute approximate surface area is 74.9 Å². The maximum atomic E-state index is 3.98. The van der Waals surface area contributed by atoms with E-state index in [0.717, 1.165) is 18.4 Å². The number of hydrogen-bond donors (Lipinski definition) is 0. The highest BCUT2D eigenvalue weighted by Gasteiger charge is 1.91. The van der Waals surface area contributed by atoms with E-state index in [9.17, 15) is 0 Å². The highest BCUT2D eigenvalue weighted by atomic mass is 14.0. The molecule has 12 heavy (non-hydrogen) atoms. The topological polar surface area (TPSA) is 0 Å². The molecule has 0 fully saturated rings. The van der Waals surface area contributed by atoms with Crippen molar-refractivity contribution in [2.45, 2.75) is 12.8 Å². The second kappa shape index (κ2) is 4.76. The van der Waals surface area contributed by atoms with Crippen LogP contribution in [0.2, 0.25) is 0 Å². The van der Waals surface area contributed by atoms with Gasteiger partial charge in [0, 0.05) is 0 Å². The van der Waals surface area contributed by atoms with Crippen LogP contribution in [0.1, 0.15) is 18.4 Å². The Kier molecular flexibility index (Phi) is 3.59. The van der Waals surface area contributed by atoms with Crippen molar-refractivity contribution in [3.8, 4) is 0 Å². The fourth-order valence-electron chi connectivity index (χ4n) is 1.05. The number of hydrogen-bond acceptors (Lipinski definition) is 0. The molecule has 0 bridgehead atoms. The number of rotatable bonds is 3. The van der Waals surface area contributed by atoms with Crippen LogP contribution in [0.5, 0.6) is 0 Å². The van der Waals surface area contributed by atoms with Gasteiger partial charge >= 0.3 is 0 Å². The molecule has 0 aliphatic carbocycles. The predicted octanol–water partition coefficient (Wildman–Crippen LogP) is 3.52. The lowest BCUT2D eigenvalue weighted by atomic mass is 10.1. The quantitative estimate of drug-likeness (QED) is 0.631. The number of benzene rings is 1. The maximum Gasteiger partial charge on any atom is -0.0228 e. The van der Waals surface area contributed by atoms with E-state index in [4.69, 9.17) is 0 Å². The van der Waals surface area contributed by atoms with E-state index in [1.54, 1.807) is 0 Å². The summed E-state index contributed by atoms with van der Waals surface area (Å²) in [6, 6.07) is 10.2. The molecule has 2 radical (unpaired) electrons. The van der Waals surface area contributed by atoms with Crippen LogP contribution < -0.4 is 0 Å². The fraction of sp³-hybridized carbons (Fsp3) is 0.167. The average molecular weight is 158 g/mol. The monoisotopic (exact) mass is 158 g/mol. The van der Waals surface area contributed by atoms with Gasteiger partial charge in [0.05, 0.1) is 0 Å². The standard InChI is InChI=1S/C12H14/c1-3-4-8-11(2)12-9-6-5-7-10-12/h5-10H,1-4H2. The van der Waals surface area contributed by atoms with Gasteiger partial charge in [-0.25, -0.2) is 0 Å². The molecule has 1 rings (SSSR count). The van der Waals surface area contributed by atoms with Gasteiger partial charge < -0.3 is 0 Å². The highest BCUT2D eigenvalue weighted by molar-refractivity contribution is 5.68. The van der Waals surface area contributed by atoms with E-state index in [2.05, 4.69) is 32.1 Å². The Hall–Kier alpha value is -1.04. The molecule has 0 aliphatic rings. The van der Waals surface area contributed by atoms with Gasteiger partial charge in [0.15, 0.2) is 0 Å². The lowest BCUT2D eigenvalue weighted by molar-refractivity contribution is 1.05. The van der Waals surface area contributed by atoms with Crippen molar-refractivity contribution in [3.05, 3.63) is 55.8 Å². The summed E-state index contributed by atoms with van der Waals surface area (Å²) < 4.78 is 0. The summed E-state index contributed by atoms with van der Waals surface area (Å²) in [7, 11) is 0. The Morgan fingerprint density at radius 1 is 1.25 bits per heavy atom. The molecule has 0 aliphatic heterocycles. The van der Waals surface area contributed by atoms with Gasteiger partial charge in [-0.15, -0.1) is 0 Å². The molecule has 62 valence electrons. The summed E-state index contributed by atoms with van der Waals surface area (Å²) in [4.78, 5) is 0. The smallest absolute Gasteiger partial charge is 0.0228 e. The molecule has 0 atom stereocenters. The third-order valence-corrected chi connectivity index (χ3v) is 1.74. The van der Waals surface area contributed by atoms with E-state index in [-0.39, 0.29) is 0 Å². The second-order valence-electron chi connectivity index (χ2n) is 2.74. The SMILES string of the molecule is [CH2]CCC=C([CH2])c1ccccc1. The summed E-state index contributed by atoms with van der Waals surface area (Å²) in [6.45, 7) is 7.76. The molecule has 1 aromatic carbocycles. The lowest BCUT2D eigenvalue weighted by Gasteiger charge is -1.99. The second-order valence-corrected chi connectivity index (χ2v) is 2.74. The van der Waals surface area contributed by atoms with Crippen LogP contribution >= 0.6 is 0 Å². The minimum Gasteiger partial charge on any atom is -0.0807 e. The zero-order valence-corrected chi connectivity index (χ0v) is 7.29. The van der Waals surface area contributed by atoms with Crippen molar-refractivity contribution in [2.75, 3.05) is 0 Å². The van der Waals surface area contributed by atoms with Crippen molar-refractivity contribution >= 4 is 5.57 Å². The molecular weight excluding hydrogens is 144 g/mol. The van der Waals surface area contributed by atoms with Gasteiger partial charge in [-0.3, -0.25) is 0 Å². The zero-order chi connectivity index (χ0) is 8.81. The molecule has 0 heterocycles. The van der Waals surface area contributed by atoms with Gasteiger partial charge in [0.25, 0.3) is 0 Å². The summed E-state index contributed by atoms with van der Waals surface area (Å²) in [5.74, 6) is 0. The minimum absolute atomic E-state index is 0.936. The first kappa shape index (κ1) is 9.05. The summed E-state index contributed by atoms with van der Waals surface area (Å²) in [6.07, 6.45) is 4.07. The van der Waals surface area contributed by atoms with Gasteiger partial charge in [0.1, 0.15) is 0 Å². The molecule has 1 aromatic rings. The molecular formula is C12H14. The van der Waals surface area contributed by atoms with Crippen LogP contribution in [-0.2, 0) is 0 Å². The van der Waals surface area contributed by atoms with E-state index in [0.29, 0.717) is 0 Å². The van der Waals surface area contributed by atoms with Crippen LogP contribution in [0.15, 0.2) is 36.4 Å². The van der Waals surface area contributed by atoms with E-state index in [1.807, 2.05) is 18.2 Å².